The number of rotatable bonds is 4. The van der Waals surface area contributed by atoms with E-state index < -0.39 is 0 Å². The van der Waals surface area contributed by atoms with E-state index >= 15 is 0 Å². The summed E-state index contributed by atoms with van der Waals surface area (Å²) in [6.45, 7) is 0. The Morgan fingerprint density at radius 2 is 2.27 bits per heavy atom. The lowest BCUT2D eigenvalue weighted by atomic mass is 10.2. The van der Waals surface area contributed by atoms with Crippen molar-refractivity contribution in [1.29, 1.82) is 0 Å². The van der Waals surface area contributed by atoms with Crippen molar-refractivity contribution in [3.8, 4) is 5.75 Å². The van der Waals surface area contributed by atoms with Gasteiger partial charge in [0.2, 0.25) is 0 Å². The number of hydrogen-bond acceptors (Lipinski definition) is 5. The van der Waals surface area contributed by atoms with Gasteiger partial charge in [0.25, 0.3) is 0 Å². The van der Waals surface area contributed by atoms with Crippen LogP contribution in [0.2, 0.25) is 0 Å². The van der Waals surface area contributed by atoms with Crippen LogP contribution in [-0.4, -0.2) is 33.4 Å². The number of anilines is 1. The molecule has 0 amide bonds. The zero-order valence-electron chi connectivity index (χ0n) is 11.8. The van der Waals surface area contributed by atoms with Crippen molar-refractivity contribution in [2.45, 2.75) is 18.4 Å². The summed E-state index contributed by atoms with van der Waals surface area (Å²) in [4.78, 5) is 4.41. The van der Waals surface area contributed by atoms with Crippen LogP contribution in [0, 0.1) is 0 Å². The number of nitrogens with one attached hydrogen (secondary N) is 2. The molecule has 2 N–H and O–H groups in total. The summed E-state index contributed by atoms with van der Waals surface area (Å²) in [5.74, 6) is 1.71. The van der Waals surface area contributed by atoms with Crippen molar-refractivity contribution < 1.29 is 4.74 Å². The van der Waals surface area contributed by atoms with Crippen molar-refractivity contribution >= 4 is 39.1 Å². The summed E-state index contributed by atoms with van der Waals surface area (Å²) < 4.78 is 6.16. The molecule has 2 unspecified atom stereocenters. The quantitative estimate of drug-likeness (QED) is 0.790. The molecule has 22 heavy (non-hydrogen) atoms. The van der Waals surface area contributed by atoms with Gasteiger partial charge in [-0.2, -0.15) is 5.10 Å². The molecule has 0 spiro atoms. The van der Waals surface area contributed by atoms with Gasteiger partial charge in [0.1, 0.15) is 5.75 Å². The molecular formula is C14H14BrN5OS. The highest BCUT2D eigenvalue weighted by atomic mass is 79.9. The fourth-order valence-corrected chi connectivity index (χ4v) is 2.77. The topological polar surface area (TPSA) is 72.0 Å². The third-order valence-electron chi connectivity index (χ3n) is 3.38. The third kappa shape index (κ3) is 3.33. The van der Waals surface area contributed by atoms with Gasteiger partial charge in [-0.15, -0.1) is 5.10 Å². The summed E-state index contributed by atoms with van der Waals surface area (Å²) in [7, 11) is 1.66. The lowest BCUT2D eigenvalue weighted by Gasteiger charge is -2.11. The Balaban J connectivity index is 1.59. The fraction of sp³-hybridized carbons (Fsp3) is 0.286. The molecule has 0 aliphatic heterocycles. The zero-order valence-corrected chi connectivity index (χ0v) is 14.2. The Morgan fingerprint density at radius 3 is 3.05 bits per heavy atom. The van der Waals surface area contributed by atoms with Crippen molar-refractivity contribution in [2.24, 2.45) is 0 Å². The first-order chi connectivity index (χ1) is 10.7. The molecule has 2 aromatic heterocycles. The normalized spacial score (nSPS) is 19.4. The molecule has 2 atom stereocenters. The van der Waals surface area contributed by atoms with E-state index in [1.807, 2.05) is 12.1 Å². The molecule has 1 aliphatic carbocycles. The average Bonchev–Trinajstić information content (AvgIpc) is 3.28. The van der Waals surface area contributed by atoms with E-state index in [4.69, 9.17) is 17.0 Å². The summed E-state index contributed by atoms with van der Waals surface area (Å²) in [6, 6.07) is 5.84. The second kappa shape index (κ2) is 6.53. The predicted molar refractivity (Wildman–Crippen MR) is 91.0 cm³/mol. The van der Waals surface area contributed by atoms with Crippen LogP contribution in [0.3, 0.4) is 0 Å². The van der Waals surface area contributed by atoms with Crippen LogP contribution in [0.5, 0.6) is 5.75 Å². The smallest absolute Gasteiger partial charge is 0.172 e. The Morgan fingerprint density at radius 1 is 1.41 bits per heavy atom. The molecule has 114 valence electrons. The van der Waals surface area contributed by atoms with Crippen LogP contribution in [0.15, 0.2) is 35.1 Å². The number of pyridine rings is 1. The van der Waals surface area contributed by atoms with Gasteiger partial charge in [-0.3, -0.25) is 4.98 Å². The van der Waals surface area contributed by atoms with Crippen LogP contribution in [0.25, 0.3) is 0 Å². The van der Waals surface area contributed by atoms with Crippen molar-refractivity contribution in [2.75, 3.05) is 12.4 Å². The standard InChI is InChI=1S/C14H14BrN5OS/c1-21-11-3-2-5-16-12(11)8-7-10(8)18-14(22)19-13-9(15)4-6-17-20-13/h2-6,8,10H,7H2,1H3,(H2,18,19,20,22). The molecule has 1 saturated carbocycles. The molecule has 6 nitrogen and oxygen atoms in total. The van der Waals surface area contributed by atoms with E-state index in [1.165, 1.54) is 0 Å². The van der Waals surface area contributed by atoms with Gasteiger partial charge < -0.3 is 15.4 Å². The molecule has 8 heteroatoms. The van der Waals surface area contributed by atoms with Crippen molar-refractivity contribution in [3.05, 3.63) is 40.8 Å². The first-order valence-electron chi connectivity index (χ1n) is 6.72. The molecule has 0 saturated heterocycles. The van der Waals surface area contributed by atoms with Gasteiger partial charge in [0.15, 0.2) is 10.9 Å². The van der Waals surface area contributed by atoms with E-state index in [9.17, 15) is 0 Å². The zero-order chi connectivity index (χ0) is 15.5. The molecule has 0 radical (unpaired) electrons. The SMILES string of the molecule is COc1cccnc1C1CC1NC(=S)Nc1nnccc1Br. The molecule has 2 aromatic rings. The maximum absolute atomic E-state index is 5.35. The predicted octanol–water partition coefficient (Wildman–Crippen LogP) is 2.49. The largest absolute Gasteiger partial charge is 0.495 e. The van der Waals surface area contributed by atoms with E-state index in [2.05, 4.69) is 41.7 Å². The maximum atomic E-state index is 5.35. The van der Waals surface area contributed by atoms with Crippen molar-refractivity contribution in [1.82, 2.24) is 20.5 Å². The van der Waals surface area contributed by atoms with E-state index in [1.54, 1.807) is 25.6 Å². The Kier molecular flexibility index (Phi) is 4.49. The third-order valence-corrected chi connectivity index (χ3v) is 4.24. The highest BCUT2D eigenvalue weighted by Crippen LogP contribution is 2.43. The lowest BCUT2D eigenvalue weighted by molar-refractivity contribution is 0.406. The van der Waals surface area contributed by atoms with Gasteiger partial charge in [0, 0.05) is 18.2 Å². The maximum Gasteiger partial charge on any atom is 0.172 e. The molecule has 0 bridgehead atoms. The molecule has 2 heterocycles. The minimum Gasteiger partial charge on any atom is -0.495 e. The highest BCUT2D eigenvalue weighted by Gasteiger charge is 2.41. The number of hydrogen-bond donors (Lipinski definition) is 2. The molecular weight excluding hydrogens is 366 g/mol. The van der Waals surface area contributed by atoms with E-state index in [-0.39, 0.29) is 6.04 Å². The van der Waals surface area contributed by atoms with Crippen LogP contribution in [0.1, 0.15) is 18.0 Å². The van der Waals surface area contributed by atoms with Gasteiger partial charge >= 0.3 is 0 Å². The molecule has 1 aliphatic rings. The minimum atomic E-state index is 0.249. The van der Waals surface area contributed by atoms with Crippen LogP contribution < -0.4 is 15.4 Å². The summed E-state index contributed by atoms with van der Waals surface area (Å²) in [5, 5.41) is 14.6. The number of nitrogens with zero attached hydrogens (tertiary/aromatic N) is 3. The van der Waals surface area contributed by atoms with Crippen LogP contribution >= 0.6 is 28.1 Å². The Labute approximate surface area is 141 Å². The van der Waals surface area contributed by atoms with Gasteiger partial charge in [-0.25, -0.2) is 0 Å². The highest BCUT2D eigenvalue weighted by molar-refractivity contribution is 9.10. The summed E-state index contributed by atoms with van der Waals surface area (Å²) in [5.41, 5.74) is 0.964. The summed E-state index contributed by atoms with van der Waals surface area (Å²) >= 11 is 8.71. The number of halogens is 1. The van der Waals surface area contributed by atoms with Gasteiger partial charge in [-0.1, -0.05) is 0 Å². The molecule has 0 aromatic carbocycles. The van der Waals surface area contributed by atoms with Crippen LogP contribution in [-0.2, 0) is 0 Å². The number of methoxy groups -OCH3 is 1. The first kappa shape index (κ1) is 15.1. The average molecular weight is 380 g/mol. The lowest BCUT2D eigenvalue weighted by Crippen LogP contribution is -2.31. The van der Waals surface area contributed by atoms with E-state index in [0.717, 1.165) is 22.3 Å². The minimum absolute atomic E-state index is 0.249. The second-order valence-electron chi connectivity index (χ2n) is 4.87. The first-order valence-corrected chi connectivity index (χ1v) is 7.92. The second-order valence-corrected chi connectivity index (χ2v) is 6.13. The van der Waals surface area contributed by atoms with E-state index in [0.29, 0.717) is 16.8 Å². The molecule has 1 fully saturated rings. The van der Waals surface area contributed by atoms with Gasteiger partial charge in [-0.05, 0) is 52.8 Å². The summed E-state index contributed by atoms with van der Waals surface area (Å²) in [6.07, 6.45) is 4.35. The Bertz CT molecular complexity index is 698. The van der Waals surface area contributed by atoms with Gasteiger partial charge in [0.05, 0.1) is 23.5 Å². The van der Waals surface area contributed by atoms with Crippen molar-refractivity contribution in [3.63, 3.8) is 0 Å². The Hall–Kier alpha value is -1.80. The number of aromatic nitrogens is 3. The van der Waals surface area contributed by atoms with Crippen LogP contribution in [0.4, 0.5) is 5.82 Å². The monoisotopic (exact) mass is 379 g/mol. The molecule has 3 rings (SSSR count). The number of ether oxygens (including phenoxy) is 1. The number of thiocarbonyl (C=S) groups is 1. The fourth-order valence-electron chi connectivity index (χ4n) is 2.22.